The number of aromatic carboxylic acids is 1. The topological polar surface area (TPSA) is 120 Å². The highest BCUT2D eigenvalue weighted by Crippen LogP contribution is 2.35. The second kappa shape index (κ2) is 8.60. The van der Waals surface area contributed by atoms with Gasteiger partial charge in [0.05, 0.1) is 16.6 Å². The molecule has 5 rings (SSSR count). The number of imidazole rings is 1. The number of hydrogen-bond donors (Lipinski definition) is 4. The first kappa shape index (κ1) is 21.6. The lowest BCUT2D eigenvalue weighted by Crippen LogP contribution is -2.00. The Kier molecular flexibility index (Phi) is 5.46. The minimum atomic E-state index is -1.01. The van der Waals surface area contributed by atoms with Crippen LogP contribution in [0.1, 0.15) is 22.8 Å². The zero-order valence-electron chi connectivity index (χ0n) is 18.5. The number of fused-ring (bicyclic) bond motifs is 1. The molecule has 0 amide bonds. The first-order chi connectivity index (χ1) is 16.5. The van der Waals surface area contributed by atoms with E-state index in [1.807, 2.05) is 62.4 Å². The number of H-pyrrole nitrogens is 2. The number of rotatable bonds is 6. The molecule has 34 heavy (non-hydrogen) atoms. The maximum atomic E-state index is 12.0. The molecular formula is C25H21N5O3S. The standard InChI is InChI=1S/C25H21N5O3S/c1-3-26-24-27-20-13(2)18(12-19(23(31)32)21(20)28-24)15-10-8-14(9-11-15)16-6-4-5-7-17(16)22-29-25(34)33-30-22/h4-12H,3H2,1-2H3,(H,31,32)(H2,26,27,28)(H,29,30,34). The summed E-state index contributed by atoms with van der Waals surface area (Å²) in [7, 11) is 0. The number of benzene rings is 3. The molecule has 170 valence electrons. The molecular weight excluding hydrogens is 450 g/mol. The Labute approximate surface area is 199 Å². The average molecular weight is 472 g/mol. The van der Waals surface area contributed by atoms with Gasteiger partial charge < -0.3 is 19.9 Å². The van der Waals surface area contributed by atoms with Gasteiger partial charge in [0.15, 0.2) is 5.82 Å². The molecule has 0 atom stereocenters. The van der Waals surface area contributed by atoms with Gasteiger partial charge in [-0.1, -0.05) is 48.5 Å². The maximum absolute atomic E-state index is 12.0. The van der Waals surface area contributed by atoms with Crippen molar-refractivity contribution in [3.05, 3.63) is 70.6 Å². The van der Waals surface area contributed by atoms with Gasteiger partial charge in [-0.25, -0.2) is 14.9 Å². The largest absolute Gasteiger partial charge is 0.478 e. The van der Waals surface area contributed by atoms with Gasteiger partial charge in [-0.3, -0.25) is 0 Å². The van der Waals surface area contributed by atoms with Gasteiger partial charge >= 0.3 is 10.8 Å². The van der Waals surface area contributed by atoms with Crippen molar-refractivity contribution in [1.29, 1.82) is 0 Å². The highest BCUT2D eigenvalue weighted by molar-refractivity contribution is 7.71. The highest BCUT2D eigenvalue weighted by atomic mass is 32.1. The molecule has 2 aromatic heterocycles. The van der Waals surface area contributed by atoms with E-state index < -0.39 is 5.97 Å². The van der Waals surface area contributed by atoms with Crippen molar-refractivity contribution in [1.82, 2.24) is 20.1 Å². The number of carboxylic acids is 1. The molecule has 0 spiro atoms. The maximum Gasteiger partial charge on any atom is 0.337 e. The zero-order valence-corrected chi connectivity index (χ0v) is 19.3. The van der Waals surface area contributed by atoms with Crippen LogP contribution in [-0.2, 0) is 0 Å². The van der Waals surface area contributed by atoms with Gasteiger partial charge in [-0.05, 0) is 59.9 Å². The molecule has 0 bridgehead atoms. The molecule has 0 saturated heterocycles. The van der Waals surface area contributed by atoms with E-state index in [0.29, 0.717) is 29.4 Å². The van der Waals surface area contributed by atoms with Crippen LogP contribution in [0, 0.1) is 11.8 Å². The molecule has 0 fully saturated rings. The van der Waals surface area contributed by atoms with Crippen LogP contribution in [0.15, 0.2) is 59.1 Å². The Morgan fingerprint density at radius 2 is 1.74 bits per heavy atom. The predicted molar refractivity (Wildman–Crippen MR) is 134 cm³/mol. The minimum Gasteiger partial charge on any atom is -0.478 e. The number of carbonyl (C=O) groups is 1. The van der Waals surface area contributed by atoms with Gasteiger partial charge in [-0.2, -0.15) is 4.98 Å². The first-order valence-corrected chi connectivity index (χ1v) is 11.1. The zero-order chi connectivity index (χ0) is 23.8. The Balaban J connectivity index is 1.60. The van der Waals surface area contributed by atoms with Crippen LogP contribution < -0.4 is 5.32 Å². The SMILES string of the molecule is CCNc1nc2c(C)c(-c3ccc(-c4ccccc4-c4nc(=S)o[nH]4)cc3)cc(C(=O)O)c2[nH]1. The number of hydrogen-bond acceptors (Lipinski definition) is 6. The van der Waals surface area contributed by atoms with Crippen molar-refractivity contribution >= 4 is 35.2 Å². The van der Waals surface area contributed by atoms with E-state index in [4.69, 9.17) is 16.7 Å². The van der Waals surface area contributed by atoms with Crippen LogP contribution in [0.2, 0.25) is 0 Å². The Morgan fingerprint density at radius 1 is 1.06 bits per heavy atom. The summed E-state index contributed by atoms with van der Waals surface area (Å²) in [6.07, 6.45) is 0. The third-order valence-electron chi connectivity index (χ3n) is 5.72. The lowest BCUT2D eigenvalue weighted by atomic mass is 9.93. The van der Waals surface area contributed by atoms with Crippen LogP contribution in [0.4, 0.5) is 5.95 Å². The van der Waals surface area contributed by atoms with Crippen molar-refractivity contribution in [2.75, 3.05) is 11.9 Å². The third-order valence-corrected chi connectivity index (χ3v) is 5.90. The van der Waals surface area contributed by atoms with E-state index in [0.717, 1.165) is 33.4 Å². The number of nitrogens with zero attached hydrogens (tertiary/aromatic N) is 2. The fraction of sp³-hybridized carbons (Fsp3) is 0.120. The molecule has 9 heteroatoms. The summed E-state index contributed by atoms with van der Waals surface area (Å²) < 4.78 is 5.10. The Bertz CT molecular complexity index is 1580. The molecule has 0 unspecified atom stereocenters. The van der Waals surface area contributed by atoms with Crippen LogP contribution in [0.25, 0.3) is 44.7 Å². The van der Waals surface area contributed by atoms with Crippen molar-refractivity contribution in [2.24, 2.45) is 0 Å². The smallest absolute Gasteiger partial charge is 0.337 e. The predicted octanol–water partition coefficient (Wildman–Crippen LogP) is 6.05. The molecule has 0 aliphatic rings. The van der Waals surface area contributed by atoms with E-state index in [-0.39, 0.29) is 10.4 Å². The number of aromatic amines is 2. The second-order valence-electron chi connectivity index (χ2n) is 7.79. The lowest BCUT2D eigenvalue weighted by molar-refractivity contribution is 0.0699. The average Bonchev–Trinajstić information content (AvgIpc) is 3.46. The minimum absolute atomic E-state index is 0.149. The number of aromatic nitrogens is 4. The summed E-state index contributed by atoms with van der Waals surface area (Å²) in [6, 6.07) is 17.5. The molecule has 0 saturated carbocycles. The van der Waals surface area contributed by atoms with Crippen LogP contribution in [0.3, 0.4) is 0 Å². The molecule has 0 aliphatic carbocycles. The summed E-state index contributed by atoms with van der Waals surface area (Å²) >= 11 is 4.99. The van der Waals surface area contributed by atoms with E-state index in [1.54, 1.807) is 6.07 Å². The normalized spacial score (nSPS) is 11.1. The van der Waals surface area contributed by atoms with Gasteiger partial charge in [0.2, 0.25) is 5.95 Å². The first-order valence-electron chi connectivity index (χ1n) is 10.7. The summed E-state index contributed by atoms with van der Waals surface area (Å²) in [5.41, 5.74) is 6.78. The van der Waals surface area contributed by atoms with Gasteiger partial charge in [0.1, 0.15) is 0 Å². The summed E-state index contributed by atoms with van der Waals surface area (Å²) in [5.74, 6) is 0.111. The van der Waals surface area contributed by atoms with Crippen molar-refractivity contribution < 1.29 is 14.4 Å². The summed E-state index contributed by atoms with van der Waals surface area (Å²) in [6.45, 7) is 4.59. The van der Waals surface area contributed by atoms with E-state index in [1.165, 1.54) is 0 Å². The second-order valence-corrected chi connectivity index (χ2v) is 8.14. The number of nitrogens with one attached hydrogen (secondary N) is 3. The number of aryl methyl sites for hydroxylation is 1. The summed E-state index contributed by atoms with van der Waals surface area (Å²) in [4.78, 5) is 24.1. The Hall–Kier alpha value is -4.24. The van der Waals surface area contributed by atoms with Crippen molar-refractivity contribution in [3.8, 4) is 33.6 Å². The highest BCUT2D eigenvalue weighted by Gasteiger charge is 2.19. The molecule has 4 N–H and O–H groups in total. The van der Waals surface area contributed by atoms with E-state index >= 15 is 0 Å². The molecule has 0 aliphatic heterocycles. The molecule has 5 aromatic rings. The number of carboxylic acid groups (broad SMARTS) is 1. The molecule has 3 aromatic carbocycles. The molecule has 0 radical (unpaired) electrons. The van der Waals surface area contributed by atoms with Gasteiger partial charge in [0, 0.05) is 12.1 Å². The van der Waals surface area contributed by atoms with Crippen LogP contribution >= 0.6 is 12.2 Å². The molecule has 2 heterocycles. The monoisotopic (exact) mass is 471 g/mol. The van der Waals surface area contributed by atoms with Crippen molar-refractivity contribution in [3.63, 3.8) is 0 Å². The van der Waals surface area contributed by atoms with E-state index in [2.05, 4.69) is 25.4 Å². The Morgan fingerprint density at radius 3 is 2.35 bits per heavy atom. The fourth-order valence-corrected chi connectivity index (χ4v) is 4.26. The molecule has 8 nitrogen and oxygen atoms in total. The van der Waals surface area contributed by atoms with Gasteiger partial charge in [0.25, 0.3) is 0 Å². The lowest BCUT2D eigenvalue weighted by Gasteiger charge is -2.11. The van der Waals surface area contributed by atoms with Crippen LogP contribution in [0.5, 0.6) is 0 Å². The quantitative estimate of drug-likeness (QED) is 0.223. The fourth-order valence-electron chi connectivity index (χ4n) is 4.13. The summed E-state index contributed by atoms with van der Waals surface area (Å²) in [5, 5.41) is 15.7. The van der Waals surface area contributed by atoms with Crippen molar-refractivity contribution in [2.45, 2.75) is 13.8 Å². The van der Waals surface area contributed by atoms with Crippen LogP contribution in [-0.4, -0.2) is 37.7 Å². The van der Waals surface area contributed by atoms with Gasteiger partial charge in [-0.15, -0.1) is 0 Å². The van der Waals surface area contributed by atoms with E-state index in [9.17, 15) is 9.90 Å². The number of anilines is 1. The third kappa shape index (κ3) is 3.75.